The van der Waals surface area contributed by atoms with Gasteiger partial charge in [0.15, 0.2) is 11.5 Å². The monoisotopic (exact) mass is 439 g/mol. The molecule has 3 rings (SSSR count). The summed E-state index contributed by atoms with van der Waals surface area (Å²) < 4.78 is 38.5. The minimum Gasteiger partial charge on any atom is -0.493 e. The van der Waals surface area contributed by atoms with Crippen LogP contribution in [0.5, 0.6) is 11.5 Å². The van der Waals surface area contributed by atoms with Crippen LogP contribution in [0.2, 0.25) is 0 Å². The van der Waals surface area contributed by atoms with Crippen LogP contribution < -0.4 is 20.1 Å². The molecule has 2 N–H and O–H groups in total. The van der Waals surface area contributed by atoms with Crippen molar-refractivity contribution in [3.8, 4) is 11.5 Å². The van der Waals surface area contributed by atoms with E-state index in [1.807, 2.05) is 0 Å². The van der Waals surface area contributed by atoms with Gasteiger partial charge in [-0.2, -0.15) is 4.31 Å². The third kappa shape index (κ3) is 4.43. The highest BCUT2D eigenvalue weighted by atomic mass is 32.2. The normalized spacial score (nSPS) is 25.0. The van der Waals surface area contributed by atoms with Gasteiger partial charge in [-0.3, -0.25) is 4.79 Å². The summed E-state index contributed by atoms with van der Waals surface area (Å²) in [6, 6.07) is 4.47. The molecule has 1 saturated heterocycles. The van der Waals surface area contributed by atoms with E-state index in [0.717, 1.165) is 25.7 Å². The van der Waals surface area contributed by atoms with Gasteiger partial charge in [-0.05, 0) is 50.3 Å². The SMILES string of the molecule is CCC[C@H](NC)C(=O)N[C@H]1CC[C@@H]2CN(S(=O)(=O)c3ccc(OC)c(OC)c3)C[C@@H]21. The molecule has 0 spiro atoms. The van der Waals surface area contributed by atoms with Crippen molar-refractivity contribution in [1.29, 1.82) is 0 Å². The smallest absolute Gasteiger partial charge is 0.243 e. The maximum atomic E-state index is 13.2. The Morgan fingerprint density at radius 2 is 1.93 bits per heavy atom. The predicted molar refractivity (Wildman–Crippen MR) is 114 cm³/mol. The van der Waals surface area contributed by atoms with Crippen LogP contribution in [0, 0.1) is 11.8 Å². The highest BCUT2D eigenvalue weighted by Gasteiger charge is 2.47. The molecule has 0 bridgehead atoms. The minimum atomic E-state index is -3.65. The number of sulfonamides is 1. The van der Waals surface area contributed by atoms with E-state index in [0.29, 0.717) is 24.6 Å². The second-order valence-corrected chi connectivity index (χ2v) is 10.0. The summed E-state index contributed by atoms with van der Waals surface area (Å²) in [6.45, 7) is 2.96. The molecule has 1 aliphatic heterocycles. The number of carbonyl (C=O) groups is 1. The first-order valence-electron chi connectivity index (χ1n) is 10.6. The molecule has 2 fully saturated rings. The fourth-order valence-electron chi connectivity index (χ4n) is 4.70. The van der Waals surface area contributed by atoms with Crippen LogP contribution in [0.3, 0.4) is 0 Å². The second kappa shape index (κ2) is 9.53. The third-order valence-electron chi connectivity index (χ3n) is 6.39. The number of nitrogens with zero attached hydrogens (tertiary/aromatic N) is 1. The lowest BCUT2D eigenvalue weighted by atomic mass is 9.97. The number of hydrogen-bond acceptors (Lipinski definition) is 6. The summed E-state index contributed by atoms with van der Waals surface area (Å²) in [6.07, 6.45) is 3.52. The number of ether oxygens (including phenoxy) is 2. The number of benzene rings is 1. The summed E-state index contributed by atoms with van der Waals surface area (Å²) in [7, 11) is 1.15. The fraction of sp³-hybridized carbons (Fsp3) is 0.667. The Bertz CT molecular complexity index is 860. The molecule has 1 saturated carbocycles. The van der Waals surface area contributed by atoms with Crippen LogP contribution >= 0.6 is 0 Å². The van der Waals surface area contributed by atoms with E-state index in [-0.39, 0.29) is 34.7 Å². The molecule has 1 heterocycles. The van der Waals surface area contributed by atoms with Gasteiger partial charge in [0.25, 0.3) is 0 Å². The standard InChI is InChI=1S/C21H33N3O5S/c1-5-6-18(22-2)21(25)23-17-9-7-14-12-24(13-16(14)17)30(26,27)15-8-10-19(28-3)20(11-15)29-4/h8,10-11,14,16-18,22H,5-7,9,12-13H2,1-4H3,(H,23,25)/t14-,16+,17+,18+/m1/s1. The molecule has 1 amide bonds. The van der Waals surface area contributed by atoms with Crippen LogP contribution in [0.15, 0.2) is 23.1 Å². The van der Waals surface area contributed by atoms with Crippen molar-refractivity contribution < 1.29 is 22.7 Å². The molecule has 1 aliphatic carbocycles. The van der Waals surface area contributed by atoms with E-state index in [1.165, 1.54) is 20.3 Å². The third-order valence-corrected chi connectivity index (χ3v) is 8.21. The van der Waals surface area contributed by atoms with Crippen LogP contribution in [0.25, 0.3) is 0 Å². The largest absolute Gasteiger partial charge is 0.493 e. The molecule has 9 heteroatoms. The van der Waals surface area contributed by atoms with Crippen LogP contribution in [-0.4, -0.2) is 65.1 Å². The average Bonchev–Trinajstić information content (AvgIpc) is 3.33. The van der Waals surface area contributed by atoms with Crippen molar-refractivity contribution >= 4 is 15.9 Å². The number of rotatable bonds is 9. The van der Waals surface area contributed by atoms with Crippen molar-refractivity contribution in [3.05, 3.63) is 18.2 Å². The Kier molecular flexibility index (Phi) is 7.26. The fourth-order valence-corrected chi connectivity index (χ4v) is 6.25. The Morgan fingerprint density at radius 1 is 1.20 bits per heavy atom. The molecule has 4 atom stereocenters. The lowest BCUT2D eigenvalue weighted by Gasteiger charge is -2.24. The Hall–Kier alpha value is -1.84. The maximum absolute atomic E-state index is 13.2. The van der Waals surface area contributed by atoms with E-state index in [2.05, 4.69) is 17.6 Å². The summed E-state index contributed by atoms with van der Waals surface area (Å²) >= 11 is 0. The molecule has 2 aliphatic rings. The van der Waals surface area contributed by atoms with Crippen molar-refractivity contribution in [2.75, 3.05) is 34.4 Å². The molecule has 0 aromatic heterocycles. The predicted octanol–water partition coefficient (Wildman–Crippen LogP) is 1.61. The van der Waals surface area contributed by atoms with Gasteiger partial charge < -0.3 is 20.1 Å². The first-order valence-corrected chi connectivity index (χ1v) is 12.0. The van der Waals surface area contributed by atoms with Gasteiger partial charge in [0.2, 0.25) is 15.9 Å². The van der Waals surface area contributed by atoms with Gasteiger partial charge in [-0.15, -0.1) is 0 Å². The van der Waals surface area contributed by atoms with Crippen molar-refractivity contribution in [1.82, 2.24) is 14.9 Å². The van der Waals surface area contributed by atoms with Gasteiger partial charge in [0.1, 0.15) is 0 Å². The quantitative estimate of drug-likeness (QED) is 0.607. The summed E-state index contributed by atoms with van der Waals surface area (Å²) in [4.78, 5) is 12.8. The topological polar surface area (TPSA) is 97.0 Å². The Morgan fingerprint density at radius 3 is 2.57 bits per heavy atom. The summed E-state index contributed by atoms with van der Waals surface area (Å²) in [5.74, 6) is 1.29. The number of hydrogen-bond donors (Lipinski definition) is 2. The molecule has 0 radical (unpaired) electrons. The lowest BCUT2D eigenvalue weighted by molar-refractivity contribution is -0.124. The first kappa shape index (κ1) is 22.8. The number of nitrogens with one attached hydrogen (secondary N) is 2. The van der Waals surface area contributed by atoms with Gasteiger partial charge in [0.05, 0.1) is 25.2 Å². The van der Waals surface area contributed by atoms with Gasteiger partial charge in [0, 0.05) is 25.2 Å². The lowest BCUT2D eigenvalue weighted by Crippen LogP contribution is -2.48. The van der Waals surface area contributed by atoms with E-state index in [9.17, 15) is 13.2 Å². The van der Waals surface area contributed by atoms with Crippen LogP contribution in [0.1, 0.15) is 32.6 Å². The summed E-state index contributed by atoms with van der Waals surface area (Å²) in [5, 5.41) is 6.24. The number of carbonyl (C=O) groups excluding carboxylic acids is 1. The molecule has 1 aromatic rings. The summed E-state index contributed by atoms with van der Waals surface area (Å²) in [5.41, 5.74) is 0. The average molecular weight is 440 g/mol. The zero-order valence-electron chi connectivity index (χ0n) is 18.2. The molecule has 30 heavy (non-hydrogen) atoms. The van der Waals surface area contributed by atoms with E-state index < -0.39 is 10.0 Å². The highest BCUT2D eigenvalue weighted by Crippen LogP contribution is 2.41. The second-order valence-electron chi connectivity index (χ2n) is 8.09. The van der Waals surface area contributed by atoms with E-state index in [1.54, 1.807) is 23.5 Å². The Balaban J connectivity index is 1.72. The maximum Gasteiger partial charge on any atom is 0.243 e. The number of amides is 1. The molecule has 8 nitrogen and oxygen atoms in total. The van der Waals surface area contributed by atoms with Crippen LogP contribution in [0.4, 0.5) is 0 Å². The Labute approximate surface area is 179 Å². The number of methoxy groups -OCH3 is 2. The molecule has 0 unspecified atom stereocenters. The van der Waals surface area contributed by atoms with Gasteiger partial charge in [-0.1, -0.05) is 13.3 Å². The van der Waals surface area contributed by atoms with E-state index >= 15 is 0 Å². The van der Waals surface area contributed by atoms with Gasteiger partial charge >= 0.3 is 0 Å². The number of likely N-dealkylation sites (N-methyl/N-ethyl adjacent to an activating group) is 1. The van der Waals surface area contributed by atoms with E-state index in [4.69, 9.17) is 9.47 Å². The van der Waals surface area contributed by atoms with Crippen LogP contribution in [-0.2, 0) is 14.8 Å². The molecule has 1 aromatic carbocycles. The molecule has 168 valence electrons. The van der Waals surface area contributed by atoms with Crippen molar-refractivity contribution in [3.63, 3.8) is 0 Å². The molecular weight excluding hydrogens is 406 g/mol. The zero-order valence-corrected chi connectivity index (χ0v) is 19.0. The highest BCUT2D eigenvalue weighted by molar-refractivity contribution is 7.89. The number of fused-ring (bicyclic) bond motifs is 1. The molecular formula is C21H33N3O5S. The minimum absolute atomic E-state index is 0.00574. The van der Waals surface area contributed by atoms with Crippen molar-refractivity contribution in [2.45, 2.75) is 49.6 Å². The first-order chi connectivity index (χ1) is 14.3. The van der Waals surface area contributed by atoms with Gasteiger partial charge in [-0.25, -0.2) is 8.42 Å². The van der Waals surface area contributed by atoms with Crippen molar-refractivity contribution in [2.24, 2.45) is 11.8 Å². The zero-order chi connectivity index (χ0) is 21.9.